The van der Waals surface area contributed by atoms with Crippen molar-refractivity contribution >= 4 is 17.6 Å². The number of nitro benzene ring substituents is 1. The smallest absolute Gasteiger partial charge is 0.374 e. The summed E-state index contributed by atoms with van der Waals surface area (Å²) in [5, 5.41) is 10.6. The molecule has 1 aromatic heterocycles. The number of non-ortho nitro benzene ring substituents is 1. The van der Waals surface area contributed by atoms with Gasteiger partial charge in [-0.05, 0) is 24.3 Å². The molecule has 1 amide bonds. The van der Waals surface area contributed by atoms with Crippen LogP contribution in [0.25, 0.3) is 11.3 Å². The molecule has 1 aromatic carbocycles. The first-order chi connectivity index (χ1) is 10.9. The lowest BCUT2D eigenvalue weighted by Crippen LogP contribution is -2.27. The largest absolute Gasteiger partial charge is 0.450 e. The molecule has 0 unspecified atom stereocenters. The minimum atomic E-state index is -0.756. The molecule has 0 spiro atoms. The number of likely N-dealkylation sites (N-methyl/N-ethyl adjacent to an activating group) is 1. The Morgan fingerprint density at radius 1 is 1.17 bits per heavy atom. The number of benzene rings is 1. The average Bonchev–Trinajstić information content (AvgIpc) is 3.02. The second-order valence-corrected chi connectivity index (χ2v) is 4.83. The Balaban J connectivity index is 2.06. The lowest BCUT2D eigenvalue weighted by atomic mass is 10.1. The zero-order valence-corrected chi connectivity index (χ0v) is 12.5. The van der Waals surface area contributed by atoms with Crippen molar-refractivity contribution < 1.29 is 23.7 Å². The van der Waals surface area contributed by atoms with Gasteiger partial charge in [0.25, 0.3) is 11.6 Å². The first kappa shape index (κ1) is 16.2. The first-order valence-electron chi connectivity index (χ1n) is 6.60. The number of carbonyl (C=O) groups is 2. The number of ether oxygens (including phenoxy) is 1. The van der Waals surface area contributed by atoms with Crippen molar-refractivity contribution in [3.8, 4) is 11.3 Å². The second kappa shape index (κ2) is 6.73. The summed E-state index contributed by atoms with van der Waals surface area (Å²) in [5.41, 5.74) is 0.543. The summed E-state index contributed by atoms with van der Waals surface area (Å²) in [6.45, 7) is -0.376. The van der Waals surface area contributed by atoms with Crippen molar-refractivity contribution in [3.63, 3.8) is 0 Å². The monoisotopic (exact) mass is 318 g/mol. The summed E-state index contributed by atoms with van der Waals surface area (Å²) in [6, 6.07) is 8.67. The molecule has 0 fully saturated rings. The van der Waals surface area contributed by atoms with Crippen molar-refractivity contribution in [1.29, 1.82) is 0 Å². The molecule has 0 aliphatic heterocycles. The SMILES string of the molecule is CN(C)C(=O)COC(=O)c1ccc(-c2ccc([N+](=O)[O-])cc2)o1. The van der Waals surface area contributed by atoms with Crippen LogP contribution in [0.3, 0.4) is 0 Å². The third kappa shape index (κ3) is 3.94. The summed E-state index contributed by atoms with van der Waals surface area (Å²) in [6.07, 6.45) is 0. The van der Waals surface area contributed by atoms with Gasteiger partial charge in [-0.1, -0.05) is 0 Å². The van der Waals surface area contributed by atoms with Gasteiger partial charge >= 0.3 is 5.97 Å². The molecule has 0 bridgehead atoms. The van der Waals surface area contributed by atoms with Crippen molar-refractivity contribution in [2.45, 2.75) is 0 Å². The fourth-order valence-electron chi connectivity index (χ4n) is 1.68. The Bertz CT molecular complexity index is 733. The van der Waals surface area contributed by atoms with Gasteiger partial charge in [0.15, 0.2) is 6.61 Å². The molecule has 0 N–H and O–H groups in total. The quantitative estimate of drug-likeness (QED) is 0.475. The van der Waals surface area contributed by atoms with E-state index in [1.165, 1.54) is 35.2 Å². The van der Waals surface area contributed by atoms with Gasteiger partial charge in [0.2, 0.25) is 5.76 Å². The number of furan rings is 1. The van der Waals surface area contributed by atoms with E-state index in [2.05, 4.69) is 0 Å². The van der Waals surface area contributed by atoms with Crippen molar-refractivity contribution in [2.75, 3.05) is 20.7 Å². The van der Waals surface area contributed by atoms with E-state index in [0.29, 0.717) is 11.3 Å². The molecule has 2 aromatic rings. The predicted molar refractivity (Wildman–Crippen MR) is 79.8 cm³/mol. The van der Waals surface area contributed by atoms with Crippen LogP contribution < -0.4 is 0 Å². The predicted octanol–water partition coefficient (Wildman–Crippen LogP) is 2.10. The number of hydrogen-bond acceptors (Lipinski definition) is 6. The molecule has 2 rings (SSSR count). The van der Waals surface area contributed by atoms with Gasteiger partial charge in [-0.3, -0.25) is 14.9 Å². The summed E-state index contributed by atoms with van der Waals surface area (Å²) < 4.78 is 10.2. The van der Waals surface area contributed by atoms with Crippen LogP contribution in [0.1, 0.15) is 10.6 Å². The number of hydrogen-bond donors (Lipinski definition) is 0. The third-order valence-corrected chi connectivity index (χ3v) is 3.00. The fraction of sp³-hybridized carbons (Fsp3) is 0.200. The highest BCUT2D eigenvalue weighted by Gasteiger charge is 2.16. The van der Waals surface area contributed by atoms with Gasteiger partial charge < -0.3 is 14.1 Å². The molecule has 0 atom stereocenters. The Hall–Kier alpha value is -3.16. The minimum absolute atomic E-state index is 0.0397. The zero-order valence-electron chi connectivity index (χ0n) is 12.5. The standard InChI is InChI=1S/C15H14N2O6/c1-16(2)14(18)9-22-15(19)13-8-7-12(23-13)10-3-5-11(6-4-10)17(20)21/h3-8H,9H2,1-2H3. The maximum atomic E-state index is 11.8. The van der Waals surface area contributed by atoms with Crippen molar-refractivity contribution in [3.05, 3.63) is 52.3 Å². The topological polar surface area (TPSA) is 103 Å². The van der Waals surface area contributed by atoms with Crippen LogP contribution in [0.15, 0.2) is 40.8 Å². The molecule has 0 radical (unpaired) electrons. The van der Waals surface area contributed by atoms with Gasteiger partial charge in [-0.25, -0.2) is 4.79 Å². The Morgan fingerprint density at radius 3 is 2.39 bits per heavy atom. The number of nitro groups is 1. The van der Waals surface area contributed by atoms with Crippen molar-refractivity contribution in [1.82, 2.24) is 4.90 Å². The van der Waals surface area contributed by atoms with Crippen LogP contribution in [-0.2, 0) is 9.53 Å². The van der Waals surface area contributed by atoms with Gasteiger partial charge in [-0.15, -0.1) is 0 Å². The molecule has 120 valence electrons. The summed E-state index contributed by atoms with van der Waals surface area (Å²) in [4.78, 5) is 34.5. The van der Waals surface area contributed by atoms with E-state index < -0.39 is 10.9 Å². The highest BCUT2D eigenvalue weighted by molar-refractivity contribution is 5.89. The molecule has 0 saturated heterocycles. The molecule has 23 heavy (non-hydrogen) atoms. The molecular weight excluding hydrogens is 304 g/mol. The maximum Gasteiger partial charge on any atom is 0.374 e. The molecule has 1 heterocycles. The van der Waals surface area contributed by atoms with E-state index >= 15 is 0 Å². The fourth-order valence-corrected chi connectivity index (χ4v) is 1.68. The van der Waals surface area contributed by atoms with Crippen LogP contribution in [-0.4, -0.2) is 42.4 Å². The number of amides is 1. The number of esters is 1. The Kier molecular flexibility index (Phi) is 4.75. The number of rotatable bonds is 5. The van der Waals surface area contributed by atoms with Gasteiger partial charge in [0.05, 0.1) is 4.92 Å². The molecule has 0 saturated carbocycles. The van der Waals surface area contributed by atoms with E-state index in [4.69, 9.17) is 9.15 Å². The lowest BCUT2D eigenvalue weighted by molar-refractivity contribution is -0.384. The highest BCUT2D eigenvalue weighted by atomic mass is 16.6. The normalized spacial score (nSPS) is 10.2. The molecular formula is C15H14N2O6. The molecule has 8 nitrogen and oxygen atoms in total. The number of nitrogens with zero attached hydrogens (tertiary/aromatic N) is 2. The number of carbonyl (C=O) groups excluding carboxylic acids is 2. The van der Waals surface area contributed by atoms with Crippen LogP contribution >= 0.6 is 0 Å². The summed E-state index contributed by atoms with van der Waals surface area (Å²) in [7, 11) is 3.10. The van der Waals surface area contributed by atoms with E-state index in [0.717, 1.165) is 0 Å². The van der Waals surface area contributed by atoms with Crippen LogP contribution in [0.4, 0.5) is 5.69 Å². The van der Waals surface area contributed by atoms with E-state index in [1.807, 2.05) is 0 Å². The second-order valence-electron chi connectivity index (χ2n) is 4.83. The minimum Gasteiger partial charge on any atom is -0.450 e. The lowest BCUT2D eigenvalue weighted by Gasteiger charge is -2.09. The molecule has 0 aliphatic carbocycles. The maximum absolute atomic E-state index is 11.8. The molecule has 0 aliphatic rings. The van der Waals surface area contributed by atoms with Crippen LogP contribution in [0, 0.1) is 10.1 Å². The van der Waals surface area contributed by atoms with Crippen molar-refractivity contribution in [2.24, 2.45) is 0 Å². The summed E-state index contributed by atoms with van der Waals surface area (Å²) >= 11 is 0. The van der Waals surface area contributed by atoms with Crippen LogP contribution in [0.2, 0.25) is 0 Å². The average molecular weight is 318 g/mol. The molecule has 8 heteroatoms. The van der Waals surface area contributed by atoms with E-state index in [9.17, 15) is 19.7 Å². The van der Waals surface area contributed by atoms with E-state index in [-0.39, 0.29) is 24.0 Å². The Morgan fingerprint density at radius 2 is 1.83 bits per heavy atom. The van der Waals surface area contributed by atoms with Gasteiger partial charge in [0, 0.05) is 31.8 Å². The van der Waals surface area contributed by atoms with Gasteiger partial charge in [0.1, 0.15) is 5.76 Å². The van der Waals surface area contributed by atoms with Gasteiger partial charge in [-0.2, -0.15) is 0 Å². The highest BCUT2D eigenvalue weighted by Crippen LogP contribution is 2.24. The Labute approximate surface area is 131 Å². The summed E-state index contributed by atoms with van der Waals surface area (Å²) in [5.74, 6) is -0.787. The first-order valence-corrected chi connectivity index (χ1v) is 6.60. The zero-order chi connectivity index (χ0) is 17.0. The van der Waals surface area contributed by atoms with E-state index in [1.54, 1.807) is 20.2 Å². The third-order valence-electron chi connectivity index (χ3n) is 3.00. The van der Waals surface area contributed by atoms with Crippen LogP contribution in [0.5, 0.6) is 0 Å².